The summed E-state index contributed by atoms with van der Waals surface area (Å²) in [5.41, 5.74) is 1.51. The highest BCUT2D eigenvalue weighted by molar-refractivity contribution is 5.90. The van der Waals surface area contributed by atoms with Crippen LogP contribution in [-0.2, 0) is 11.3 Å². The number of rotatable bonds is 8. The fraction of sp³-hybridized carbons (Fsp3) is 0.765. The molecule has 2 aliphatic heterocycles. The third-order valence-electron chi connectivity index (χ3n) is 11.2. The molecule has 4 aliphatic carbocycles. The van der Waals surface area contributed by atoms with E-state index in [0.717, 1.165) is 83.4 Å². The molecule has 6 fully saturated rings. The lowest BCUT2D eigenvalue weighted by atomic mass is 9.43. The summed E-state index contributed by atoms with van der Waals surface area (Å²) in [6.07, 6.45) is 10.4. The molecule has 8 nitrogen and oxygen atoms in total. The zero-order valence-electron chi connectivity index (χ0n) is 26.3. The van der Waals surface area contributed by atoms with Crippen LogP contribution in [0.15, 0.2) is 18.2 Å². The summed E-state index contributed by atoms with van der Waals surface area (Å²) >= 11 is 0. The van der Waals surface area contributed by atoms with E-state index in [1.807, 2.05) is 11.0 Å². The summed E-state index contributed by atoms with van der Waals surface area (Å²) in [4.78, 5) is 32.7. The predicted molar refractivity (Wildman–Crippen MR) is 166 cm³/mol. The summed E-state index contributed by atoms with van der Waals surface area (Å²) in [5.74, 6) is 0.943. The van der Waals surface area contributed by atoms with E-state index in [9.17, 15) is 9.59 Å². The standard InChI is InChI=1S/C34H52FN5O3/c1-32-18-27-19-33(2,22-32)24-34(20-27,23-32)37-31(43)36-29-5-4-26(16-28(29)35)21-39-8-3-9-40(13-12-39)30(42)17-25-6-10-38(11-7-25)14-15-41/h4-5,16,25,27,41H,3,6-15,17-24H2,1-2H3,(H2,36,37,43). The van der Waals surface area contributed by atoms with Crippen molar-refractivity contribution in [3.8, 4) is 0 Å². The van der Waals surface area contributed by atoms with Gasteiger partial charge in [0.1, 0.15) is 5.82 Å². The van der Waals surface area contributed by atoms with Crippen LogP contribution in [-0.4, -0.2) is 89.7 Å². The van der Waals surface area contributed by atoms with Gasteiger partial charge in [-0.05, 0) is 111 Å². The summed E-state index contributed by atoms with van der Waals surface area (Å²) < 4.78 is 15.2. The van der Waals surface area contributed by atoms with E-state index >= 15 is 4.39 Å². The van der Waals surface area contributed by atoms with Crippen LogP contribution in [0.2, 0.25) is 0 Å². The molecule has 2 unspecified atom stereocenters. The van der Waals surface area contributed by atoms with Gasteiger partial charge in [-0.15, -0.1) is 0 Å². The molecule has 0 spiro atoms. The number of aliphatic hydroxyl groups is 1. The second kappa shape index (κ2) is 12.3. The SMILES string of the molecule is CC12CC3CC(C)(C1)CC(NC(=O)Nc1ccc(CN4CCCN(C(=O)CC5CCN(CCO)CC5)CC4)cc1F)(C3)C2. The van der Waals surface area contributed by atoms with E-state index in [4.69, 9.17) is 5.11 Å². The van der Waals surface area contributed by atoms with Crippen LogP contribution < -0.4 is 10.6 Å². The zero-order chi connectivity index (χ0) is 30.2. The van der Waals surface area contributed by atoms with Crippen LogP contribution >= 0.6 is 0 Å². The minimum Gasteiger partial charge on any atom is -0.395 e. The molecule has 4 bridgehead atoms. The van der Waals surface area contributed by atoms with Crippen LogP contribution in [0.3, 0.4) is 0 Å². The first-order chi connectivity index (χ1) is 20.5. The number of piperidine rings is 1. The summed E-state index contributed by atoms with van der Waals surface area (Å²) in [6, 6.07) is 4.84. The number of benzene rings is 1. The number of halogens is 1. The monoisotopic (exact) mass is 597 g/mol. The van der Waals surface area contributed by atoms with Crippen molar-refractivity contribution in [1.82, 2.24) is 20.0 Å². The molecule has 238 valence electrons. The number of hydrogen-bond donors (Lipinski definition) is 3. The fourth-order valence-corrected chi connectivity index (χ4v) is 10.3. The fourth-order valence-electron chi connectivity index (χ4n) is 10.3. The third kappa shape index (κ3) is 7.20. The van der Waals surface area contributed by atoms with Gasteiger partial charge in [-0.25, -0.2) is 9.18 Å². The largest absolute Gasteiger partial charge is 0.395 e. The van der Waals surface area contributed by atoms with Crippen molar-refractivity contribution < 1.29 is 19.1 Å². The Morgan fingerprint density at radius 2 is 1.70 bits per heavy atom. The molecule has 0 radical (unpaired) electrons. The van der Waals surface area contributed by atoms with Gasteiger partial charge in [0.05, 0.1) is 12.3 Å². The number of aliphatic hydroxyl groups excluding tert-OH is 1. The van der Waals surface area contributed by atoms with Gasteiger partial charge in [0.25, 0.3) is 0 Å². The van der Waals surface area contributed by atoms with Crippen molar-refractivity contribution in [3.05, 3.63) is 29.6 Å². The number of urea groups is 1. The highest BCUT2D eigenvalue weighted by Crippen LogP contribution is 2.66. The third-order valence-corrected chi connectivity index (χ3v) is 11.2. The number of likely N-dealkylation sites (tertiary alicyclic amines) is 1. The number of nitrogens with zero attached hydrogens (tertiary/aromatic N) is 3. The molecule has 3 amide bonds. The number of β-amino-alcohol motifs (C(OH)–C–C–N with tert-alkyl or cyclic N) is 1. The first-order valence-electron chi connectivity index (χ1n) is 16.7. The van der Waals surface area contributed by atoms with Gasteiger partial charge in [-0.3, -0.25) is 9.69 Å². The lowest BCUT2D eigenvalue weighted by molar-refractivity contribution is -0.132. The van der Waals surface area contributed by atoms with E-state index < -0.39 is 5.82 Å². The molecular weight excluding hydrogens is 545 g/mol. The minimum absolute atomic E-state index is 0.177. The molecule has 1 aromatic carbocycles. The lowest BCUT2D eigenvalue weighted by Gasteiger charge is -2.65. The smallest absolute Gasteiger partial charge is 0.319 e. The molecule has 3 N–H and O–H groups in total. The second-order valence-electron chi connectivity index (χ2n) is 15.5. The van der Waals surface area contributed by atoms with Gasteiger partial charge < -0.3 is 25.5 Å². The Morgan fingerprint density at radius 1 is 0.953 bits per heavy atom. The Kier molecular flexibility index (Phi) is 8.79. The second-order valence-corrected chi connectivity index (χ2v) is 15.5. The maximum absolute atomic E-state index is 15.2. The Balaban J connectivity index is 0.973. The number of amides is 3. The number of anilines is 1. The van der Waals surface area contributed by atoms with E-state index in [2.05, 4.69) is 34.3 Å². The Morgan fingerprint density at radius 3 is 2.37 bits per heavy atom. The molecule has 2 saturated heterocycles. The maximum atomic E-state index is 15.2. The highest BCUT2D eigenvalue weighted by Gasteiger charge is 2.60. The quantitative estimate of drug-likeness (QED) is 0.400. The molecule has 1 aromatic rings. The van der Waals surface area contributed by atoms with E-state index in [-0.39, 0.29) is 29.8 Å². The van der Waals surface area contributed by atoms with Gasteiger partial charge in [0.2, 0.25) is 5.91 Å². The lowest BCUT2D eigenvalue weighted by Crippen LogP contribution is -2.65. The molecular formula is C34H52FN5O3. The van der Waals surface area contributed by atoms with Crippen molar-refractivity contribution in [2.45, 2.75) is 90.1 Å². The average Bonchev–Trinajstić information content (AvgIpc) is 3.15. The van der Waals surface area contributed by atoms with Crippen LogP contribution in [0.5, 0.6) is 0 Å². The zero-order valence-corrected chi connectivity index (χ0v) is 26.3. The van der Waals surface area contributed by atoms with Crippen molar-refractivity contribution in [1.29, 1.82) is 0 Å². The van der Waals surface area contributed by atoms with Gasteiger partial charge in [-0.2, -0.15) is 0 Å². The number of nitrogens with one attached hydrogen (secondary N) is 2. The van der Waals surface area contributed by atoms with Crippen molar-refractivity contribution >= 4 is 17.6 Å². The molecule has 2 atom stereocenters. The average molecular weight is 598 g/mol. The van der Waals surface area contributed by atoms with E-state index in [0.29, 0.717) is 42.2 Å². The van der Waals surface area contributed by atoms with Crippen LogP contribution in [0.1, 0.15) is 83.6 Å². The molecule has 43 heavy (non-hydrogen) atoms. The van der Waals surface area contributed by atoms with Gasteiger partial charge in [0, 0.05) is 51.2 Å². The molecule has 7 rings (SSSR count). The predicted octanol–water partition coefficient (Wildman–Crippen LogP) is 4.82. The minimum atomic E-state index is -0.409. The van der Waals surface area contributed by atoms with Crippen LogP contribution in [0, 0.1) is 28.5 Å². The van der Waals surface area contributed by atoms with E-state index in [1.165, 1.54) is 19.3 Å². The molecule has 4 saturated carbocycles. The van der Waals surface area contributed by atoms with Crippen molar-refractivity contribution in [2.75, 3.05) is 57.7 Å². The Labute approximate surface area is 256 Å². The Bertz CT molecular complexity index is 1170. The number of hydrogen-bond acceptors (Lipinski definition) is 5. The first-order valence-corrected chi connectivity index (χ1v) is 16.7. The molecule has 9 heteroatoms. The molecule has 2 heterocycles. The van der Waals surface area contributed by atoms with Crippen molar-refractivity contribution in [3.63, 3.8) is 0 Å². The van der Waals surface area contributed by atoms with Gasteiger partial charge in [0.15, 0.2) is 0 Å². The van der Waals surface area contributed by atoms with Gasteiger partial charge in [-0.1, -0.05) is 19.9 Å². The van der Waals surface area contributed by atoms with Gasteiger partial charge >= 0.3 is 6.03 Å². The van der Waals surface area contributed by atoms with Crippen LogP contribution in [0.4, 0.5) is 14.9 Å². The molecule has 6 aliphatic rings. The molecule has 0 aromatic heterocycles. The summed E-state index contributed by atoms with van der Waals surface area (Å²) in [6.45, 7) is 11.3. The summed E-state index contributed by atoms with van der Waals surface area (Å²) in [5, 5.41) is 15.3. The number of carbonyl (C=O) groups excluding carboxylic acids is 2. The normalized spacial score (nSPS) is 33.4. The van der Waals surface area contributed by atoms with Crippen LogP contribution in [0.25, 0.3) is 0 Å². The first kappa shape index (κ1) is 30.8. The topological polar surface area (TPSA) is 88.2 Å². The van der Waals surface area contributed by atoms with Crippen molar-refractivity contribution in [2.24, 2.45) is 22.7 Å². The Hall–Kier alpha value is -2.23. The number of carbonyl (C=O) groups is 2. The summed E-state index contributed by atoms with van der Waals surface area (Å²) in [7, 11) is 0. The van der Waals surface area contributed by atoms with E-state index in [1.54, 1.807) is 12.1 Å². The maximum Gasteiger partial charge on any atom is 0.319 e. The highest BCUT2D eigenvalue weighted by atomic mass is 19.1.